The molecular formula is C25H32N4O3S. The van der Waals surface area contributed by atoms with Crippen molar-refractivity contribution < 1.29 is 14.9 Å². The van der Waals surface area contributed by atoms with Gasteiger partial charge in [-0.2, -0.15) is 10.2 Å². The molecule has 176 valence electrons. The SMILES string of the molecule is COc1ccc2nccc([C@H](O)CC[C@@H]3CCN(CCSc4ccnnc4)C[C@@H]3CO)c2c1. The molecule has 4 rings (SSSR count). The number of aromatic nitrogens is 3. The fraction of sp³-hybridized carbons (Fsp3) is 0.480. The van der Waals surface area contributed by atoms with Gasteiger partial charge >= 0.3 is 0 Å². The maximum atomic E-state index is 11.0. The highest BCUT2D eigenvalue weighted by atomic mass is 32.2. The summed E-state index contributed by atoms with van der Waals surface area (Å²) >= 11 is 1.79. The summed E-state index contributed by atoms with van der Waals surface area (Å²) in [5, 5.41) is 29.7. The van der Waals surface area contributed by atoms with E-state index < -0.39 is 6.10 Å². The van der Waals surface area contributed by atoms with E-state index >= 15 is 0 Å². The number of rotatable bonds is 10. The van der Waals surface area contributed by atoms with Crippen LogP contribution >= 0.6 is 11.8 Å². The molecule has 33 heavy (non-hydrogen) atoms. The lowest BCUT2D eigenvalue weighted by atomic mass is 9.81. The minimum atomic E-state index is -0.564. The summed E-state index contributed by atoms with van der Waals surface area (Å²) in [6.07, 6.45) is 7.31. The van der Waals surface area contributed by atoms with E-state index in [-0.39, 0.29) is 12.5 Å². The third-order valence-corrected chi connectivity index (χ3v) is 7.56. The van der Waals surface area contributed by atoms with E-state index in [0.29, 0.717) is 12.3 Å². The van der Waals surface area contributed by atoms with E-state index in [1.807, 2.05) is 30.3 Å². The molecule has 1 aliphatic heterocycles. The quantitative estimate of drug-likeness (QED) is 0.437. The first-order valence-electron chi connectivity index (χ1n) is 11.5. The van der Waals surface area contributed by atoms with Crippen molar-refractivity contribution in [1.29, 1.82) is 0 Å². The topological polar surface area (TPSA) is 91.6 Å². The molecule has 0 saturated carbocycles. The Balaban J connectivity index is 1.30. The van der Waals surface area contributed by atoms with E-state index in [1.54, 1.807) is 37.5 Å². The van der Waals surface area contributed by atoms with Gasteiger partial charge in [-0.15, -0.1) is 11.8 Å². The third kappa shape index (κ3) is 6.20. The van der Waals surface area contributed by atoms with Crippen LogP contribution in [0.1, 0.15) is 30.9 Å². The van der Waals surface area contributed by atoms with Gasteiger partial charge in [0.15, 0.2) is 0 Å². The highest BCUT2D eigenvalue weighted by Gasteiger charge is 2.29. The van der Waals surface area contributed by atoms with Crippen LogP contribution in [0.4, 0.5) is 0 Å². The number of ether oxygens (including phenoxy) is 1. The molecule has 1 fully saturated rings. The Hall–Kier alpha value is -2.26. The van der Waals surface area contributed by atoms with Crippen LogP contribution in [0, 0.1) is 11.8 Å². The molecule has 1 aliphatic rings. The van der Waals surface area contributed by atoms with Crippen molar-refractivity contribution in [3.05, 3.63) is 54.5 Å². The van der Waals surface area contributed by atoms with E-state index in [0.717, 1.165) is 65.3 Å². The summed E-state index contributed by atoms with van der Waals surface area (Å²) in [6.45, 7) is 3.11. The average molecular weight is 469 g/mol. The fourth-order valence-corrected chi connectivity index (χ4v) is 5.56. The molecule has 0 bridgehead atoms. The number of hydrogen-bond acceptors (Lipinski definition) is 8. The van der Waals surface area contributed by atoms with Gasteiger partial charge in [-0.1, -0.05) is 0 Å². The predicted molar refractivity (Wildman–Crippen MR) is 130 cm³/mol. The Labute approximate surface area is 199 Å². The molecule has 2 N–H and O–H groups in total. The Morgan fingerprint density at radius 1 is 1.18 bits per heavy atom. The summed E-state index contributed by atoms with van der Waals surface area (Å²) < 4.78 is 5.35. The number of methoxy groups -OCH3 is 1. The molecule has 1 saturated heterocycles. The number of thioether (sulfide) groups is 1. The Morgan fingerprint density at radius 2 is 2.09 bits per heavy atom. The van der Waals surface area contributed by atoms with E-state index in [1.165, 1.54) is 0 Å². The fourth-order valence-electron chi connectivity index (χ4n) is 4.69. The lowest BCUT2D eigenvalue weighted by Gasteiger charge is -2.38. The van der Waals surface area contributed by atoms with Crippen LogP contribution in [-0.4, -0.2) is 69.4 Å². The van der Waals surface area contributed by atoms with E-state index in [2.05, 4.69) is 20.1 Å². The molecule has 3 atom stereocenters. The van der Waals surface area contributed by atoms with Crippen molar-refractivity contribution in [2.45, 2.75) is 30.3 Å². The highest BCUT2D eigenvalue weighted by Crippen LogP contribution is 2.33. The number of hydrogen-bond donors (Lipinski definition) is 2. The number of benzene rings is 1. The lowest BCUT2D eigenvalue weighted by Crippen LogP contribution is -2.43. The number of nitrogens with zero attached hydrogens (tertiary/aromatic N) is 4. The monoisotopic (exact) mass is 468 g/mol. The molecule has 7 nitrogen and oxygen atoms in total. The second-order valence-corrected chi connectivity index (χ2v) is 9.76. The molecule has 0 spiro atoms. The van der Waals surface area contributed by atoms with Crippen molar-refractivity contribution in [1.82, 2.24) is 20.1 Å². The zero-order valence-electron chi connectivity index (χ0n) is 19.0. The van der Waals surface area contributed by atoms with Gasteiger partial charge in [0.25, 0.3) is 0 Å². The Kier molecular flexibility index (Phi) is 8.50. The zero-order chi connectivity index (χ0) is 23.0. The van der Waals surface area contributed by atoms with Crippen LogP contribution in [0.2, 0.25) is 0 Å². The van der Waals surface area contributed by atoms with Gasteiger partial charge < -0.3 is 19.8 Å². The minimum absolute atomic E-state index is 0.189. The standard InChI is InChI=1S/C25H32N4O3S/c1-32-20-3-4-24-23(14-20)22(7-9-26-24)25(31)5-2-18-8-11-29(16-19(18)17-30)12-13-33-21-6-10-27-28-15-21/h3-4,6-7,9-10,14-15,18-19,25,30-31H,2,5,8,11-13,16-17H2,1H3/t18-,19-,25-/m1/s1. The second kappa shape index (κ2) is 11.7. The molecule has 0 amide bonds. The molecule has 3 heterocycles. The third-order valence-electron chi connectivity index (χ3n) is 6.60. The number of aliphatic hydroxyl groups is 2. The molecule has 8 heteroatoms. The molecular weight excluding hydrogens is 436 g/mol. The van der Waals surface area contributed by atoms with E-state index in [4.69, 9.17) is 4.74 Å². The van der Waals surface area contributed by atoms with Crippen LogP contribution in [-0.2, 0) is 0 Å². The highest BCUT2D eigenvalue weighted by molar-refractivity contribution is 7.99. The normalized spacial score (nSPS) is 20.1. The Morgan fingerprint density at radius 3 is 2.88 bits per heavy atom. The predicted octanol–water partition coefficient (Wildman–Crippen LogP) is 3.57. The van der Waals surface area contributed by atoms with Crippen LogP contribution < -0.4 is 4.74 Å². The molecule has 2 aromatic heterocycles. The lowest BCUT2D eigenvalue weighted by molar-refractivity contribution is 0.0608. The van der Waals surface area contributed by atoms with Crippen molar-refractivity contribution in [3.63, 3.8) is 0 Å². The van der Waals surface area contributed by atoms with Gasteiger partial charge in [0.05, 0.1) is 31.1 Å². The van der Waals surface area contributed by atoms with Crippen molar-refractivity contribution in [2.24, 2.45) is 11.8 Å². The number of piperidine rings is 1. The first kappa shape index (κ1) is 23.9. The minimum Gasteiger partial charge on any atom is -0.497 e. The molecule has 0 unspecified atom stereocenters. The van der Waals surface area contributed by atoms with Gasteiger partial charge in [-0.05, 0) is 73.5 Å². The summed E-state index contributed by atoms with van der Waals surface area (Å²) in [5.41, 5.74) is 1.74. The summed E-state index contributed by atoms with van der Waals surface area (Å²) in [4.78, 5) is 7.99. The number of fused-ring (bicyclic) bond motifs is 1. The van der Waals surface area contributed by atoms with Gasteiger partial charge in [0, 0.05) is 41.9 Å². The maximum absolute atomic E-state index is 11.0. The van der Waals surface area contributed by atoms with Crippen molar-refractivity contribution in [3.8, 4) is 5.75 Å². The van der Waals surface area contributed by atoms with Gasteiger partial charge in [0.2, 0.25) is 0 Å². The second-order valence-electron chi connectivity index (χ2n) is 8.60. The first-order chi connectivity index (χ1) is 16.2. The smallest absolute Gasteiger partial charge is 0.119 e. The average Bonchev–Trinajstić information content (AvgIpc) is 2.87. The number of likely N-dealkylation sites (tertiary alicyclic amines) is 1. The maximum Gasteiger partial charge on any atom is 0.119 e. The largest absolute Gasteiger partial charge is 0.497 e. The van der Waals surface area contributed by atoms with E-state index in [9.17, 15) is 10.2 Å². The van der Waals surface area contributed by atoms with Crippen LogP contribution in [0.5, 0.6) is 5.75 Å². The molecule has 0 aliphatic carbocycles. The first-order valence-corrected chi connectivity index (χ1v) is 12.5. The summed E-state index contributed by atoms with van der Waals surface area (Å²) in [7, 11) is 1.64. The zero-order valence-corrected chi connectivity index (χ0v) is 19.8. The van der Waals surface area contributed by atoms with Gasteiger partial charge in [-0.3, -0.25) is 4.98 Å². The summed E-state index contributed by atoms with van der Waals surface area (Å²) in [6, 6.07) is 9.63. The molecule has 1 aromatic carbocycles. The number of pyridine rings is 1. The van der Waals surface area contributed by atoms with Crippen LogP contribution in [0.15, 0.2) is 53.8 Å². The van der Waals surface area contributed by atoms with Gasteiger partial charge in [0.1, 0.15) is 5.75 Å². The van der Waals surface area contributed by atoms with Crippen LogP contribution in [0.25, 0.3) is 10.9 Å². The molecule has 0 radical (unpaired) electrons. The Bertz CT molecular complexity index is 1020. The van der Waals surface area contributed by atoms with Gasteiger partial charge in [-0.25, -0.2) is 0 Å². The summed E-state index contributed by atoms with van der Waals surface area (Å²) in [5.74, 6) is 2.41. The number of aliphatic hydroxyl groups excluding tert-OH is 2. The van der Waals surface area contributed by atoms with Crippen LogP contribution in [0.3, 0.4) is 0 Å². The van der Waals surface area contributed by atoms with Crippen molar-refractivity contribution in [2.75, 3.05) is 39.1 Å². The van der Waals surface area contributed by atoms with Crippen molar-refractivity contribution >= 4 is 22.7 Å². The molecule has 3 aromatic rings.